The van der Waals surface area contributed by atoms with Crippen molar-refractivity contribution in [2.24, 2.45) is 0 Å². The van der Waals surface area contributed by atoms with E-state index in [4.69, 9.17) is 8.83 Å². The predicted octanol–water partition coefficient (Wildman–Crippen LogP) is 26.2. The van der Waals surface area contributed by atoms with Gasteiger partial charge in [0.15, 0.2) is 0 Å². The normalized spacial score (nSPS) is 12.1. The number of para-hydroxylation sites is 7. The van der Waals surface area contributed by atoms with Crippen molar-refractivity contribution in [3.63, 3.8) is 0 Å². The molecule has 0 atom stereocenters. The van der Waals surface area contributed by atoms with Crippen LogP contribution in [0.5, 0.6) is 0 Å². The number of benzene rings is 16. The van der Waals surface area contributed by atoms with Crippen molar-refractivity contribution >= 4 is 131 Å². The number of aromatic nitrogens is 4. The van der Waals surface area contributed by atoms with Gasteiger partial charge < -0.3 is 27.1 Å². The minimum absolute atomic E-state index is 0.854. The van der Waals surface area contributed by atoms with Gasteiger partial charge in [0.2, 0.25) is 0 Å². The van der Waals surface area contributed by atoms with E-state index in [0.29, 0.717) is 0 Å². The van der Waals surface area contributed by atoms with E-state index in [1.807, 2.05) is 6.07 Å². The molecule has 0 fully saturated rings. The van der Waals surface area contributed by atoms with Crippen molar-refractivity contribution in [2.75, 3.05) is 0 Å². The van der Waals surface area contributed by atoms with Gasteiger partial charge in [-0.05, 0) is 171 Å². The van der Waals surface area contributed by atoms with Gasteiger partial charge in [0, 0.05) is 99.4 Å². The smallest absolute Gasteiger partial charge is 0.143 e. The molecule has 0 saturated carbocycles. The summed E-state index contributed by atoms with van der Waals surface area (Å²) in [6.07, 6.45) is 0. The van der Waals surface area contributed by atoms with E-state index in [9.17, 15) is 0 Å². The third kappa shape index (κ3) is 8.47. The number of hydrogen-bond acceptors (Lipinski definition) is 2. The Morgan fingerprint density at radius 2 is 0.539 bits per heavy atom. The summed E-state index contributed by atoms with van der Waals surface area (Å²) in [5.74, 6) is 0. The summed E-state index contributed by atoms with van der Waals surface area (Å²) >= 11 is 0. The van der Waals surface area contributed by atoms with Gasteiger partial charge in [-0.15, -0.1) is 0 Å². The summed E-state index contributed by atoms with van der Waals surface area (Å²) in [6.45, 7) is 0. The maximum absolute atomic E-state index is 6.98. The third-order valence-electron chi connectivity index (χ3n) is 21.6. The van der Waals surface area contributed by atoms with Gasteiger partial charge in [-0.1, -0.05) is 218 Å². The van der Waals surface area contributed by atoms with Gasteiger partial charge in [-0.25, -0.2) is 0 Å². The minimum Gasteiger partial charge on any atom is -0.456 e. The van der Waals surface area contributed by atoms with Crippen LogP contribution in [0.25, 0.3) is 209 Å². The highest BCUT2D eigenvalue weighted by atomic mass is 16.3. The van der Waals surface area contributed by atoms with Crippen LogP contribution in [0, 0.1) is 0 Å². The quantitative estimate of drug-likeness (QED) is 0.145. The molecule has 0 saturated heterocycles. The fourth-order valence-corrected chi connectivity index (χ4v) is 16.9. The molecule has 0 amide bonds. The fraction of sp³-hybridized carbons (Fsp3) is 0. The van der Waals surface area contributed by atoms with E-state index < -0.39 is 0 Å². The molecule has 6 aromatic heterocycles. The van der Waals surface area contributed by atoms with E-state index >= 15 is 0 Å². The summed E-state index contributed by atoms with van der Waals surface area (Å²) in [4.78, 5) is 0. The van der Waals surface area contributed by atoms with Gasteiger partial charge in [0.1, 0.15) is 22.3 Å². The second-order valence-corrected chi connectivity index (χ2v) is 27.1. The van der Waals surface area contributed by atoms with Crippen LogP contribution in [0.15, 0.2) is 361 Å². The summed E-state index contributed by atoms with van der Waals surface area (Å²) in [7, 11) is 0. The molecule has 0 unspecified atom stereocenters. The van der Waals surface area contributed by atoms with Crippen LogP contribution in [0.1, 0.15) is 0 Å². The summed E-state index contributed by atoms with van der Waals surface area (Å²) in [5, 5.41) is 14.2. The monoisotopic (exact) mass is 1300 g/mol. The highest BCUT2D eigenvalue weighted by Gasteiger charge is 2.23. The second kappa shape index (κ2) is 21.9. The van der Waals surface area contributed by atoms with Crippen molar-refractivity contribution in [1.29, 1.82) is 0 Å². The Hall–Kier alpha value is -13.7. The van der Waals surface area contributed by atoms with Gasteiger partial charge in [-0.3, -0.25) is 0 Å². The van der Waals surface area contributed by atoms with Gasteiger partial charge in [-0.2, -0.15) is 0 Å². The van der Waals surface area contributed by atoms with E-state index in [-0.39, 0.29) is 0 Å². The van der Waals surface area contributed by atoms with E-state index in [0.717, 1.165) is 128 Å². The molecule has 102 heavy (non-hydrogen) atoms. The van der Waals surface area contributed by atoms with Crippen LogP contribution in [0.2, 0.25) is 0 Å². The third-order valence-corrected chi connectivity index (χ3v) is 21.6. The largest absolute Gasteiger partial charge is 0.456 e. The maximum Gasteiger partial charge on any atom is 0.143 e. The summed E-state index contributed by atoms with van der Waals surface area (Å²) in [5.41, 5.74) is 28.7. The molecule has 6 heteroatoms. The molecule has 0 aliphatic rings. The van der Waals surface area contributed by atoms with Crippen molar-refractivity contribution in [3.05, 3.63) is 352 Å². The number of hydrogen-bond donors (Lipinski definition) is 0. The first-order chi connectivity index (χ1) is 50.6. The number of nitrogens with zero attached hydrogens (tertiary/aromatic N) is 4. The molecule has 0 radical (unpaired) electrons. The fourth-order valence-electron chi connectivity index (χ4n) is 16.9. The van der Waals surface area contributed by atoms with Crippen LogP contribution in [-0.2, 0) is 0 Å². The zero-order valence-corrected chi connectivity index (χ0v) is 55.1. The van der Waals surface area contributed by atoms with Crippen LogP contribution in [0.3, 0.4) is 0 Å². The Morgan fingerprint density at radius 3 is 1.07 bits per heavy atom. The topological polar surface area (TPSA) is 46.0 Å². The van der Waals surface area contributed by atoms with Crippen molar-refractivity contribution in [3.8, 4) is 78.4 Å². The lowest BCUT2D eigenvalue weighted by Crippen LogP contribution is -1.95. The van der Waals surface area contributed by atoms with Crippen LogP contribution >= 0.6 is 0 Å². The Morgan fingerprint density at radius 1 is 0.167 bits per heavy atom. The molecule has 22 rings (SSSR count). The summed E-state index contributed by atoms with van der Waals surface area (Å²) < 4.78 is 23.2. The molecular weight excluding hydrogens is 1240 g/mol. The van der Waals surface area contributed by atoms with Crippen LogP contribution < -0.4 is 0 Å². The first-order valence-corrected chi connectivity index (χ1v) is 34.9. The highest BCUT2D eigenvalue weighted by molar-refractivity contribution is 6.18. The van der Waals surface area contributed by atoms with Gasteiger partial charge in [0.25, 0.3) is 0 Å². The highest BCUT2D eigenvalue weighted by Crippen LogP contribution is 2.46. The van der Waals surface area contributed by atoms with Crippen molar-refractivity contribution < 1.29 is 8.83 Å². The lowest BCUT2D eigenvalue weighted by molar-refractivity contribution is 0.668. The first kappa shape index (κ1) is 56.3. The van der Waals surface area contributed by atoms with Gasteiger partial charge in [0.05, 0.1) is 49.8 Å². The van der Waals surface area contributed by atoms with E-state index in [2.05, 4.69) is 364 Å². The second-order valence-electron chi connectivity index (χ2n) is 27.1. The zero-order valence-electron chi connectivity index (χ0n) is 55.1. The van der Waals surface area contributed by atoms with Gasteiger partial charge >= 0.3 is 0 Å². The molecular formula is C96H58N4O2. The maximum atomic E-state index is 6.98. The van der Waals surface area contributed by atoms with E-state index in [1.165, 1.54) is 81.9 Å². The van der Waals surface area contributed by atoms with Crippen molar-refractivity contribution in [1.82, 2.24) is 18.3 Å². The standard InChI is InChI=1S/C96H58N4O2/c1-3-18-61(19-4-1)79-56-70(58-94-95(79)78-26-11-16-33-92(78)101-94)100-87-32-15-10-25-75(87)83-55-66(43-51-91(83)100)64-41-49-89-81(53-64)73-23-8-13-30-85(73)98(89)68-44-38-60(39-45-68)59-34-36-62(37-35-59)71-27-17-28-77-76-47-46-69(57-93(76)102-96(71)77)99-86-31-14-9-24-74(86)82-54-65(42-50-90(82)99)63-40-48-88-80(52-63)72-22-7-12-29-84(72)97(88)67-20-5-2-6-21-67/h1-58H. The Kier molecular flexibility index (Phi) is 12.1. The Labute approximate surface area is 584 Å². The molecule has 0 aliphatic heterocycles. The Balaban J connectivity index is 0.563. The molecule has 6 heterocycles. The lowest BCUT2D eigenvalue weighted by atomic mass is 9.98. The average Bonchev–Trinajstić information content (AvgIpc) is 1.58. The van der Waals surface area contributed by atoms with Crippen LogP contribution in [-0.4, -0.2) is 18.3 Å². The minimum atomic E-state index is 0.854. The predicted molar refractivity (Wildman–Crippen MR) is 426 cm³/mol. The molecule has 0 aliphatic carbocycles. The SMILES string of the molecule is c1ccc(-c2cc(-n3c4ccccc4c4cc(-c5ccc6c(c5)c5ccccc5n6-c5ccc(-c6ccc(-c7cccc8c7oc7cc(-n9c%10ccccc%10c%10cc(-c%11ccc%12c(c%11)c%11ccccc%11n%12-c%11ccccc%11)ccc%109)ccc78)cc6)cc5)ccc43)cc3oc4ccccc4c23)cc1. The molecule has 16 aromatic carbocycles. The first-order valence-electron chi connectivity index (χ1n) is 34.9. The molecule has 474 valence electrons. The Bertz CT molecular complexity index is 7220. The molecule has 0 N–H and O–H groups in total. The summed E-state index contributed by atoms with van der Waals surface area (Å²) in [6, 6.07) is 128. The van der Waals surface area contributed by atoms with Crippen LogP contribution in [0.4, 0.5) is 0 Å². The van der Waals surface area contributed by atoms with E-state index in [1.54, 1.807) is 0 Å². The molecule has 22 aromatic rings. The lowest BCUT2D eigenvalue weighted by Gasteiger charge is -2.12. The van der Waals surface area contributed by atoms with Crippen molar-refractivity contribution in [2.45, 2.75) is 0 Å². The zero-order chi connectivity index (χ0) is 66.7. The average molecular weight is 1300 g/mol. The molecule has 6 nitrogen and oxygen atoms in total. The number of furan rings is 2. The number of rotatable bonds is 9. The molecule has 0 spiro atoms. The molecule has 0 bridgehead atoms. The number of fused-ring (bicyclic) bond motifs is 18.